The van der Waals surface area contributed by atoms with Crippen molar-refractivity contribution in [1.29, 1.82) is 0 Å². The summed E-state index contributed by atoms with van der Waals surface area (Å²) in [5.74, 6) is 1.97. The molecule has 0 atom stereocenters. The SMILES string of the molecule is CC(=O)c1ccc(NC(=O)NCCOc2ccc3c(c2)OCO3)cc1. The van der Waals surface area contributed by atoms with Crippen molar-refractivity contribution in [3.8, 4) is 17.2 Å². The van der Waals surface area contributed by atoms with Crippen LogP contribution in [0.2, 0.25) is 0 Å². The largest absolute Gasteiger partial charge is 0.492 e. The van der Waals surface area contributed by atoms with Gasteiger partial charge in [-0.15, -0.1) is 0 Å². The molecule has 0 bridgehead atoms. The van der Waals surface area contributed by atoms with Crippen LogP contribution >= 0.6 is 0 Å². The predicted octanol–water partition coefficient (Wildman–Crippen LogP) is 2.82. The number of anilines is 1. The highest BCUT2D eigenvalue weighted by molar-refractivity contribution is 5.95. The summed E-state index contributed by atoms with van der Waals surface area (Å²) in [5, 5.41) is 5.38. The third kappa shape index (κ3) is 4.41. The van der Waals surface area contributed by atoms with Gasteiger partial charge in [-0.3, -0.25) is 4.79 Å². The topological polar surface area (TPSA) is 85.9 Å². The van der Waals surface area contributed by atoms with E-state index in [9.17, 15) is 9.59 Å². The molecule has 0 aliphatic carbocycles. The van der Waals surface area contributed by atoms with Crippen molar-refractivity contribution in [2.75, 3.05) is 25.3 Å². The number of carbonyl (C=O) groups is 2. The van der Waals surface area contributed by atoms with E-state index in [0.717, 1.165) is 0 Å². The van der Waals surface area contributed by atoms with Crippen LogP contribution in [0.25, 0.3) is 0 Å². The smallest absolute Gasteiger partial charge is 0.319 e. The summed E-state index contributed by atoms with van der Waals surface area (Å²) < 4.78 is 16.1. The summed E-state index contributed by atoms with van der Waals surface area (Å²) >= 11 is 0. The van der Waals surface area contributed by atoms with Crippen molar-refractivity contribution in [3.05, 3.63) is 48.0 Å². The van der Waals surface area contributed by atoms with Crippen molar-refractivity contribution in [3.63, 3.8) is 0 Å². The Hall–Kier alpha value is -3.22. The molecule has 2 N–H and O–H groups in total. The quantitative estimate of drug-likeness (QED) is 0.623. The molecule has 2 amide bonds. The van der Waals surface area contributed by atoms with Crippen molar-refractivity contribution in [2.45, 2.75) is 6.92 Å². The fraction of sp³-hybridized carbons (Fsp3) is 0.222. The van der Waals surface area contributed by atoms with Crippen molar-refractivity contribution in [2.24, 2.45) is 0 Å². The summed E-state index contributed by atoms with van der Waals surface area (Å²) in [6.07, 6.45) is 0. The number of ketones is 1. The lowest BCUT2D eigenvalue weighted by molar-refractivity contribution is 0.101. The Morgan fingerprint density at radius 3 is 2.60 bits per heavy atom. The molecule has 7 nitrogen and oxygen atoms in total. The highest BCUT2D eigenvalue weighted by Gasteiger charge is 2.13. The summed E-state index contributed by atoms with van der Waals surface area (Å²) in [4.78, 5) is 23.0. The molecular weight excluding hydrogens is 324 g/mol. The predicted molar refractivity (Wildman–Crippen MR) is 91.5 cm³/mol. The Kier molecular flexibility index (Phi) is 5.03. The highest BCUT2D eigenvalue weighted by Crippen LogP contribution is 2.34. The van der Waals surface area contributed by atoms with E-state index in [4.69, 9.17) is 14.2 Å². The van der Waals surface area contributed by atoms with Crippen LogP contribution in [0, 0.1) is 0 Å². The first-order valence-corrected chi connectivity index (χ1v) is 7.80. The van der Waals surface area contributed by atoms with Crippen molar-refractivity contribution >= 4 is 17.5 Å². The first-order valence-electron chi connectivity index (χ1n) is 7.80. The van der Waals surface area contributed by atoms with Crippen LogP contribution in [0.5, 0.6) is 17.2 Å². The van der Waals surface area contributed by atoms with E-state index >= 15 is 0 Å². The van der Waals surface area contributed by atoms with Gasteiger partial charge >= 0.3 is 6.03 Å². The molecule has 0 unspecified atom stereocenters. The molecule has 25 heavy (non-hydrogen) atoms. The van der Waals surface area contributed by atoms with Crippen LogP contribution in [-0.4, -0.2) is 31.8 Å². The van der Waals surface area contributed by atoms with E-state index in [2.05, 4.69) is 10.6 Å². The van der Waals surface area contributed by atoms with Crippen LogP contribution in [0.4, 0.5) is 10.5 Å². The van der Waals surface area contributed by atoms with Gasteiger partial charge in [0.1, 0.15) is 12.4 Å². The van der Waals surface area contributed by atoms with Gasteiger partial charge in [0.05, 0.1) is 6.54 Å². The number of Topliss-reactive ketones (excluding diaryl/α,β-unsaturated/α-hetero) is 1. The number of benzene rings is 2. The number of hydrogen-bond acceptors (Lipinski definition) is 5. The number of urea groups is 1. The first-order chi connectivity index (χ1) is 12.1. The van der Waals surface area contributed by atoms with E-state index in [1.165, 1.54) is 6.92 Å². The van der Waals surface area contributed by atoms with E-state index in [-0.39, 0.29) is 18.6 Å². The van der Waals surface area contributed by atoms with Crippen LogP contribution in [0.3, 0.4) is 0 Å². The number of ether oxygens (including phenoxy) is 3. The number of hydrogen-bond donors (Lipinski definition) is 2. The maximum absolute atomic E-state index is 11.8. The van der Waals surface area contributed by atoms with Crippen LogP contribution < -0.4 is 24.8 Å². The summed E-state index contributed by atoms with van der Waals surface area (Å²) in [7, 11) is 0. The Morgan fingerprint density at radius 1 is 1.08 bits per heavy atom. The summed E-state index contributed by atoms with van der Waals surface area (Å²) in [6.45, 7) is 2.37. The molecule has 130 valence electrons. The molecule has 0 radical (unpaired) electrons. The van der Waals surface area contributed by atoms with E-state index in [1.807, 2.05) is 0 Å². The fourth-order valence-corrected chi connectivity index (χ4v) is 2.26. The normalized spacial score (nSPS) is 11.7. The van der Waals surface area contributed by atoms with Gasteiger partial charge in [-0.25, -0.2) is 4.79 Å². The van der Waals surface area contributed by atoms with Gasteiger partial charge in [0, 0.05) is 17.3 Å². The molecule has 3 rings (SSSR count). The Morgan fingerprint density at radius 2 is 1.84 bits per heavy atom. The number of amides is 2. The molecular formula is C18H18N2O5. The Bertz CT molecular complexity index is 774. The molecule has 1 aliphatic rings. The molecule has 1 heterocycles. The highest BCUT2D eigenvalue weighted by atomic mass is 16.7. The third-order valence-electron chi connectivity index (χ3n) is 3.55. The zero-order valence-electron chi connectivity index (χ0n) is 13.7. The zero-order chi connectivity index (χ0) is 17.6. The minimum atomic E-state index is -0.343. The summed E-state index contributed by atoms with van der Waals surface area (Å²) in [5.41, 5.74) is 1.21. The number of carbonyl (C=O) groups excluding carboxylic acids is 2. The van der Waals surface area contributed by atoms with Gasteiger partial charge in [0.2, 0.25) is 6.79 Å². The maximum Gasteiger partial charge on any atom is 0.319 e. The molecule has 0 saturated heterocycles. The Labute approximate surface area is 144 Å². The molecule has 0 saturated carbocycles. The molecule has 0 fully saturated rings. The average molecular weight is 342 g/mol. The molecule has 0 spiro atoms. The molecule has 2 aromatic rings. The first kappa shape index (κ1) is 16.6. The number of fused-ring (bicyclic) bond motifs is 1. The van der Waals surface area contributed by atoms with E-state index in [0.29, 0.717) is 41.7 Å². The van der Waals surface area contributed by atoms with Crippen LogP contribution in [0.15, 0.2) is 42.5 Å². The number of rotatable bonds is 6. The van der Waals surface area contributed by atoms with Crippen LogP contribution in [-0.2, 0) is 0 Å². The average Bonchev–Trinajstić information content (AvgIpc) is 3.07. The second-order valence-electron chi connectivity index (χ2n) is 5.38. The minimum absolute atomic E-state index is 0.0170. The lowest BCUT2D eigenvalue weighted by Gasteiger charge is -2.09. The minimum Gasteiger partial charge on any atom is -0.492 e. The van der Waals surface area contributed by atoms with E-state index < -0.39 is 0 Å². The number of nitrogens with one attached hydrogen (secondary N) is 2. The van der Waals surface area contributed by atoms with Gasteiger partial charge in [-0.1, -0.05) is 0 Å². The Balaban J connectivity index is 1.40. The lowest BCUT2D eigenvalue weighted by Crippen LogP contribution is -2.32. The van der Waals surface area contributed by atoms with Gasteiger partial charge < -0.3 is 24.8 Å². The van der Waals surface area contributed by atoms with Gasteiger partial charge in [-0.05, 0) is 43.3 Å². The monoisotopic (exact) mass is 342 g/mol. The van der Waals surface area contributed by atoms with Gasteiger partial charge in [0.25, 0.3) is 0 Å². The van der Waals surface area contributed by atoms with Crippen molar-refractivity contribution < 1.29 is 23.8 Å². The fourth-order valence-electron chi connectivity index (χ4n) is 2.26. The maximum atomic E-state index is 11.8. The second-order valence-corrected chi connectivity index (χ2v) is 5.38. The van der Waals surface area contributed by atoms with Crippen LogP contribution in [0.1, 0.15) is 17.3 Å². The van der Waals surface area contributed by atoms with Gasteiger partial charge in [0.15, 0.2) is 17.3 Å². The second kappa shape index (κ2) is 7.57. The standard InChI is InChI=1S/C18H18N2O5/c1-12(21)13-2-4-14(5-3-13)20-18(22)19-8-9-23-15-6-7-16-17(10-15)25-11-24-16/h2-7,10H,8-9,11H2,1H3,(H2,19,20,22). The molecule has 0 aromatic heterocycles. The van der Waals surface area contributed by atoms with Crippen molar-refractivity contribution in [1.82, 2.24) is 5.32 Å². The zero-order valence-corrected chi connectivity index (χ0v) is 13.7. The van der Waals surface area contributed by atoms with Gasteiger partial charge in [-0.2, -0.15) is 0 Å². The molecule has 1 aliphatic heterocycles. The lowest BCUT2D eigenvalue weighted by atomic mass is 10.1. The third-order valence-corrected chi connectivity index (χ3v) is 3.55. The molecule has 2 aromatic carbocycles. The summed E-state index contributed by atoms with van der Waals surface area (Å²) in [6, 6.07) is 11.7. The van der Waals surface area contributed by atoms with E-state index in [1.54, 1.807) is 42.5 Å². The molecule has 7 heteroatoms.